The molecule has 0 spiro atoms. The number of nitrogen functional groups attached to an aromatic ring is 1. The Hall–Kier alpha value is -1.62. The molecule has 94 valence electrons. The number of rotatable bonds is 0. The Kier molecular flexibility index (Phi) is 2.35. The number of pyridine rings is 1. The Morgan fingerprint density at radius 2 is 2.06 bits per heavy atom. The van der Waals surface area contributed by atoms with Crippen LogP contribution in [-0.2, 0) is 0 Å². The minimum absolute atomic E-state index is 0.297. The molecule has 4 nitrogen and oxygen atoms in total. The van der Waals surface area contributed by atoms with Gasteiger partial charge in [0.05, 0.1) is 27.3 Å². The van der Waals surface area contributed by atoms with E-state index >= 15 is 0 Å². The van der Waals surface area contributed by atoms with Crippen LogP contribution in [0.25, 0.3) is 11.3 Å². The van der Waals surface area contributed by atoms with E-state index in [-0.39, 0.29) is 0 Å². The lowest BCUT2D eigenvalue weighted by molar-refractivity contribution is 0.743. The summed E-state index contributed by atoms with van der Waals surface area (Å²) >= 11 is 1.76. The Morgan fingerprint density at radius 1 is 1.33 bits per heavy atom. The smallest absolute Gasteiger partial charge is 0.148 e. The van der Waals surface area contributed by atoms with Crippen LogP contribution in [-0.4, -0.2) is 17.0 Å². The quantitative estimate of drug-likeness (QED) is 0.791. The van der Waals surface area contributed by atoms with Gasteiger partial charge in [-0.1, -0.05) is 0 Å². The summed E-state index contributed by atoms with van der Waals surface area (Å²) in [5.74, 6) is 0.593. The average Bonchev–Trinajstić information content (AvgIpc) is 2.67. The molecule has 2 N–H and O–H groups in total. The van der Waals surface area contributed by atoms with Crippen LogP contribution in [0.4, 0.5) is 11.5 Å². The van der Waals surface area contributed by atoms with Gasteiger partial charge in [0.1, 0.15) is 5.82 Å². The van der Waals surface area contributed by atoms with Gasteiger partial charge in [-0.25, -0.2) is 9.97 Å². The third kappa shape index (κ3) is 1.43. The lowest BCUT2D eigenvalue weighted by atomic mass is 9.99. The second-order valence-electron chi connectivity index (χ2n) is 4.78. The predicted octanol–water partition coefficient (Wildman–Crippen LogP) is 2.91. The molecule has 3 rings (SSSR count). The number of hydrogen-bond acceptors (Lipinski definition) is 5. The summed E-state index contributed by atoms with van der Waals surface area (Å²) in [6.07, 6.45) is 0. The van der Waals surface area contributed by atoms with Crippen molar-refractivity contribution in [1.82, 2.24) is 9.97 Å². The highest BCUT2D eigenvalue weighted by molar-refractivity contribution is 7.12. The van der Waals surface area contributed by atoms with E-state index in [4.69, 9.17) is 5.73 Å². The SMILES string of the molecule is Cc1cc2c(c(N)n1)N(C)C(C)c1sc(C)nc1-2. The molecule has 18 heavy (non-hydrogen) atoms. The van der Waals surface area contributed by atoms with Crippen LogP contribution in [0.5, 0.6) is 0 Å². The van der Waals surface area contributed by atoms with Crippen LogP contribution in [0.1, 0.15) is 28.5 Å². The molecule has 0 saturated heterocycles. The van der Waals surface area contributed by atoms with Crippen molar-refractivity contribution in [2.75, 3.05) is 17.7 Å². The summed E-state index contributed by atoms with van der Waals surface area (Å²) in [7, 11) is 2.06. The third-order valence-electron chi connectivity index (χ3n) is 3.48. The minimum atomic E-state index is 0.297. The molecular weight excluding hydrogens is 244 g/mol. The van der Waals surface area contributed by atoms with Crippen LogP contribution in [0.3, 0.4) is 0 Å². The first-order valence-electron chi connectivity index (χ1n) is 5.96. The molecule has 1 atom stereocenters. The summed E-state index contributed by atoms with van der Waals surface area (Å²) in [6.45, 7) is 6.19. The van der Waals surface area contributed by atoms with Gasteiger partial charge < -0.3 is 10.6 Å². The molecule has 2 aromatic rings. The lowest BCUT2D eigenvalue weighted by Gasteiger charge is -2.33. The highest BCUT2D eigenvalue weighted by Gasteiger charge is 2.31. The summed E-state index contributed by atoms with van der Waals surface area (Å²) < 4.78 is 0. The highest BCUT2D eigenvalue weighted by Crippen LogP contribution is 2.47. The Morgan fingerprint density at radius 3 is 2.78 bits per heavy atom. The monoisotopic (exact) mass is 260 g/mol. The van der Waals surface area contributed by atoms with Gasteiger partial charge >= 0.3 is 0 Å². The van der Waals surface area contributed by atoms with Crippen LogP contribution in [0.2, 0.25) is 0 Å². The summed E-state index contributed by atoms with van der Waals surface area (Å²) in [5, 5.41) is 1.10. The summed E-state index contributed by atoms with van der Waals surface area (Å²) in [6, 6.07) is 2.37. The van der Waals surface area contributed by atoms with Gasteiger partial charge in [-0.2, -0.15) is 0 Å². The molecule has 0 fully saturated rings. The van der Waals surface area contributed by atoms with E-state index in [0.717, 1.165) is 27.6 Å². The van der Waals surface area contributed by atoms with Gasteiger partial charge in [0.25, 0.3) is 0 Å². The number of hydrogen-bond donors (Lipinski definition) is 1. The fourth-order valence-corrected chi connectivity index (χ4v) is 3.57. The number of aryl methyl sites for hydroxylation is 2. The maximum absolute atomic E-state index is 6.08. The van der Waals surface area contributed by atoms with Gasteiger partial charge in [0.15, 0.2) is 0 Å². The van der Waals surface area contributed by atoms with Crippen molar-refractivity contribution in [3.05, 3.63) is 21.6 Å². The maximum Gasteiger partial charge on any atom is 0.148 e. The van der Waals surface area contributed by atoms with Crippen molar-refractivity contribution in [3.8, 4) is 11.3 Å². The van der Waals surface area contributed by atoms with Crippen LogP contribution in [0.15, 0.2) is 6.07 Å². The fourth-order valence-electron chi connectivity index (χ4n) is 2.53. The summed E-state index contributed by atoms with van der Waals surface area (Å²) in [5.41, 5.74) is 10.2. The van der Waals surface area contributed by atoms with Crippen molar-refractivity contribution in [3.63, 3.8) is 0 Å². The molecule has 0 aromatic carbocycles. The fraction of sp³-hybridized carbons (Fsp3) is 0.385. The number of thiazole rings is 1. The van der Waals surface area contributed by atoms with Crippen molar-refractivity contribution >= 4 is 22.8 Å². The number of fused-ring (bicyclic) bond motifs is 3. The van der Waals surface area contributed by atoms with Crippen molar-refractivity contribution < 1.29 is 0 Å². The van der Waals surface area contributed by atoms with E-state index in [1.165, 1.54) is 4.88 Å². The number of aromatic nitrogens is 2. The molecule has 0 bridgehead atoms. The Bertz CT molecular complexity index is 632. The molecular formula is C13H16N4S. The molecule has 0 saturated carbocycles. The molecule has 1 aliphatic heterocycles. The van der Waals surface area contributed by atoms with Crippen LogP contribution < -0.4 is 10.6 Å². The zero-order chi connectivity index (χ0) is 13.0. The molecule has 3 heterocycles. The van der Waals surface area contributed by atoms with Crippen molar-refractivity contribution in [2.45, 2.75) is 26.8 Å². The Balaban J connectivity index is 2.36. The number of nitrogens with zero attached hydrogens (tertiary/aromatic N) is 3. The van der Waals surface area contributed by atoms with Crippen molar-refractivity contribution in [2.24, 2.45) is 0 Å². The zero-order valence-corrected chi connectivity index (χ0v) is 11.8. The van der Waals surface area contributed by atoms with Crippen LogP contribution >= 0.6 is 11.3 Å². The first-order chi connectivity index (χ1) is 8.49. The van der Waals surface area contributed by atoms with E-state index in [1.807, 2.05) is 13.8 Å². The first-order valence-corrected chi connectivity index (χ1v) is 6.78. The molecule has 0 radical (unpaired) electrons. The third-order valence-corrected chi connectivity index (χ3v) is 4.62. The molecule has 5 heteroatoms. The largest absolute Gasteiger partial charge is 0.382 e. The average molecular weight is 260 g/mol. The van der Waals surface area contributed by atoms with E-state index in [2.05, 4.69) is 34.9 Å². The van der Waals surface area contributed by atoms with E-state index in [0.29, 0.717) is 11.9 Å². The molecule has 1 aliphatic rings. The first kappa shape index (κ1) is 11.5. The second-order valence-corrected chi connectivity index (χ2v) is 6.01. The normalized spacial score (nSPS) is 17.6. The topological polar surface area (TPSA) is 55.0 Å². The van der Waals surface area contributed by atoms with E-state index in [9.17, 15) is 0 Å². The Labute approximate surface area is 110 Å². The minimum Gasteiger partial charge on any atom is -0.382 e. The van der Waals surface area contributed by atoms with Crippen molar-refractivity contribution in [1.29, 1.82) is 0 Å². The molecule has 1 unspecified atom stereocenters. The second kappa shape index (κ2) is 3.68. The highest BCUT2D eigenvalue weighted by atomic mass is 32.1. The lowest BCUT2D eigenvalue weighted by Crippen LogP contribution is -2.26. The molecule has 0 amide bonds. The van der Waals surface area contributed by atoms with Crippen LogP contribution in [0, 0.1) is 13.8 Å². The van der Waals surface area contributed by atoms with E-state index < -0.39 is 0 Å². The van der Waals surface area contributed by atoms with Gasteiger partial charge in [0, 0.05) is 18.3 Å². The predicted molar refractivity (Wildman–Crippen MR) is 76.0 cm³/mol. The molecule has 0 aliphatic carbocycles. The molecule has 2 aromatic heterocycles. The number of nitrogens with two attached hydrogens (primary N) is 1. The summed E-state index contributed by atoms with van der Waals surface area (Å²) in [4.78, 5) is 12.5. The number of anilines is 2. The van der Waals surface area contributed by atoms with E-state index in [1.54, 1.807) is 11.3 Å². The van der Waals surface area contributed by atoms with Gasteiger partial charge in [-0.15, -0.1) is 11.3 Å². The zero-order valence-electron chi connectivity index (χ0n) is 11.0. The van der Waals surface area contributed by atoms with Gasteiger partial charge in [-0.3, -0.25) is 0 Å². The maximum atomic E-state index is 6.08. The standard InChI is InChI=1S/C13H16N4S/c1-6-5-9-10-12(18-8(3)16-10)7(2)17(4)11(9)13(14)15-6/h5,7H,1-4H3,(H2,14,15). The van der Waals surface area contributed by atoms with Gasteiger partial charge in [-0.05, 0) is 26.8 Å². The van der Waals surface area contributed by atoms with Gasteiger partial charge in [0.2, 0.25) is 0 Å².